The van der Waals surface area contributed by atoms with Crippen molar-refractivity contribution in [1.29, 1.82) is 0 Å². The van der Waals surface area contributed by atoms with E-state index >= 15 is 0 Å². The molecule has 0 bridgehead atoms. The zero-order valence-corrected chi connectivity index (χ0v) is 9.73. The number of carbonyl (C=O) groups is 1. The second-order valence-corrected chi connectivity index (χ2v) is 3.74. The molecule has 4 nitrogen and oxygen atoms in total. The van der Waals surface area contributed by atoms with Gasteiger partial charge in [0.2, 0.25) is 5.91 Å². The Hall–Kier alpha value is -1.97. The third kappa shape index (κ3) is 3.24. The lowest BCUT2D eigenvalue weighted by atomic mass is 10.2. The van der Waals surface area contributed by atoms with Crippen molar-refractivity contribution in [3.8, 4) is 11.5 Å². The van der Waals surface area contributed by atoms with Crippen molar-refractivity contribution >= 4 is 12.0 Å². The molecule has 0 unspecified atom stereocenters. The fourth-order valence-corrected chi connectivity index (χ4v) is 1.56. The highest BCUT2D eigenvalue weighted by atomic mass is 16.6. The van der Waals surface area contributed by atoms with Crippen molar-refractivity contribution in [1.82, 2.24) is 5.32 Å². The van der Waals surface area contributed by atoms with Crippen molar-refractivity contribution in [2.24, 2.45) is 0 Å². The summed E-state index contributed by atoms with van der Waals surface area (Å²) in [5, 5.41) is 2.70. The van der Waals surface area contributed by atoms with Crippen LogP contribution in [0, 0.1) is 0 Å². The van der Waals surface area contributed by atoms with E-state index in [0.717, 1.165) is 17.1 Å². The first-order chi connectivity index (χ1) is 8.25. The van der Waals surface area contributed by atoms with Crippen molar-refractivity contribution in [3.05, 3.63) is 29.8 Å². The number of benzene rings is 1. The first kappa shape index (κ1) is 11.5. The molecule has 0 saturated carbocycles. The van der Waals surface area contributed by atoms with Gasteiger partial charge in [-0.3, -0.25) is 4.79 Å². The first-order valence-corrected chi connectivity index (χ1v) is 5.56. The Labute approximate surface area is 100 Å². The molecule has 0 saturated heterocycles. The zero-order valence-electron chi connectivity index (χ0n) is 9.73. The minimum atomic E-state index is -0.0307. The molecular formula is C13H15NO3. The summed E-state index contributed by atoms with van der Waals surface area (Å²) in [7, 11) is 0. The van der Waals surface area contributed by atoms with Gasteiger partial charge in [0.15, 0.2) is 11.5 Å². The van der Waals surface area contributed by atoms with Crippen molar-refractivity contribution in [2.75, 3.05) is 19.8 Å². The van der Waals surface area contributed by atoms with E-state index in [0.29, 0.717) is 19.8 Å². The number of fused-ring (bicyclic) bond motifs is 1. The molecule has 1 heterocycles. The van der Waals surface area contributed by atoms with Crippen molar-refractivity contribution < 1.29 is 14.3 Å². The monoisotopic (exact) mass is 233 g/mol. The lowest BCUT2D eigenvalue weighted by Gasteiger charge is -2.18. The summed E-state index contributed by atoms with van der Waals surface area (Å²) in [5.74, 6) is 1.53. The third-order valence-corrected chi connectivity index (χ3v) is 2.35. The molecule has 0 fully saturated rings. The van der Waals surface area contributed by atoms with Gasteiger partial charge in [0, 0.05) is 13.5 Å². The molecule has 0 aromatic heterocycles. The van der Waals surface area contributed by atoms with E-state index in [2.05, 4.69) is 5.32 Å². The number of nitrogens with one attached hydrogen (secondary N) is 1. The van der Waals surface area contributed by atoms with Gasteiger partial charge >= 0.3 is 0 Å². The summed E-state index contributed by atoms with van der Waals surface area (Å²) >= 11 is 0. The molecule has 0 aliphatic carbocycles. The number of carbonyl (C=O) groups excluding carboxylic acids is 1. The Balaban J connectivity index is 1.99. The van der Waals surface area contributed by atoms with Crippen molar-refractivity contribution in [3.63, 3.8) is 0 Å². The largest absolute Gasteiger partial charge is 0.486 e. The summed E-state index contributed by atoms with van der Waals surface area (Å²) in [6.07, 6.45) is 3.83. The quantitative estimate of drug-likeness (QED) is 0.862. The van der Waals surface area contributed by atoms with E-state index in [-0.39, 0.29) is 5.91 Å². The summed E-state index contributed by atoms with van der Waals surface area (Å²) < 4.78 is 10.9. The van der Waals surface area contributed by atoms with Crippen LogP contribution in [0.4, 0.5) is 0 Å². The van der Waals surface area contributed by atoms with Crippen LogP contribution in [0.25, 0.3) is 6.08 Å². The van der Waals surface area contributed by atoms with Gasteiger partial charge in [-0.2, -0.15) is 0 Å². The van der Waals surface area contributed by atoms with Crippen LogP contribution in [0.1, 0.15) is 12.5 Å². The molecule has 1 aromatic carbocycles. The summed E-state index contributed by atoms with van der Waals surface area (Å²) in [5.41, 5.74) is 1.03. The maximum absolute atomic E-state index is 10.7. The molecular weight excluding hydrogens is 218 g/mol. The first-order valence-electron chi connectivity index (χ1n) is 5.56. The minimum Gasteiger partial charge on any atom is -0.486 e. The molecule has 4 heteroatoms. The van der Waals surface area contributed by atoms with E-state index in [1.165, 1.54) is 6.92 Å². The maximum Gasteiger partial charge on any atom is 0.217 e. The van der Waals surface area contributed by atoms with Crippen LogP contribution in [0.3, 0.4) is 0 Å². The van der Waals surface area contributed by atoms with Gasteiger partial charge in [-0.05, 0) is 17.7 Å². The average molecular weight is 233 g/mol. The topological polar surface area (TPSA) is 47.6 Å². The smallest absolute Gasteiger partial charge is 0.217 e. The average Bonchev–Trinajstić information content (AvgIpc) is 2.34. The minimum absolute atomic E-state index is 0.0307. The van der Waals surface area contributed by atoms with E-state index < -0.39 is 0 Å². The van der Waals surface area contributed by atoms with Gasteiger partial charge in [-0.25, -0.2) is 0 Å². The SMILES string of the molecule is CC(=O)NCC=Cc1ccc2c(c1)OCCO2. The van der Waals surface area contributed by atoms with Crippen LogP contribution in [0.15, 0.2) is 24.3 Å². The second kappa shape index (κ2) is 5.39. The normalized spacial score (nSPS) is 13.7. The molecule has 1 N–H and O–H groups in total. The van der Waals surface area contributed by atoms with Gasteiger partial charge in [0.25, 0.3) is 0 Å². The fourth-order valence-electron chi connectivity index (χ4n) is 1.56. The van der Waals surface area contributed by atoms with Crippen LogP contribution in [0.5, 0.6) is 11.5 Å². The summed E-state index contributed by atoms with van der Waals surface area (Å²) in [4.78, 5) is 10.7. The Kier molecular flexibility index (Phi) is 3.65. The predicted octanol–water partition coefficient (Wildman–Crippen LogP) is 1.61. The van der Waals surface area contributed by atoms with E-state index in [9.17, 15) is 4.79 Å². The molecule has 1 aliphatic heterocycles. The zero-order chi connectivity index (χ0) is 12.1. The van der Waals surface area contributed by atoms with E-state index in [4.69, 9.17) is 9.47 Å². The number of hydrogen-bond donors (Lipinski definition) is 1. The third-order valence-electron chi connectivity index (χ3n) is 2.35. The van der Waals surface area contributed by atoms with Crippen LogP contribution < -0.4 is 14.8 Å². The van der Waals surface area contributed by atoms with Gasteiger partial charge in [-0.15, -0.1) is 0 Å². The molecule has 0 spiro atoms. The Bertz CT molecular complexity index is 440. The van der Waals surface area contributed by atoms with Gasteiger partial charge in [0.1, 0.15) is 13.2 Å². The molecule has 1 amide bonds. The lowest BCUT2D eigenvalue weighted by Crippen LogP contribution is -2.19. The Morgan fingerprint density at radius 3 is 2.88 bits per heavy atom. The molecule has 1 aliphatic rings. The van der Waals surface area contributed by atoms with Crippen LogP contribution in [-0.2, 0) is 4.79 Å². The van der Waals surface area contributed by atoms with Gasteiger partial charge in [0.05, 0.1) is 0 Å². The fraction of sp³-hybridized carbons (Fsp3) is 0.308. The molecule has 2 rings (SSSR count). The van der Waals surface area contributed by atoms with Crippen LogP contribution >= 0.6 is 0 Å². The lowest BCUT2D eigenvalue weighted by molar-refractivity contribution is -0.118. The predicted molar refractivity (Wildman–Crippen MR) is 65.1 cm³/mol. The standard InChI is InChI=1S/C13H15NO3/c1-10(15)14-6-2-3-11-4-5-12-13(9-11)17-8-7-16-12/h2-5,9H,6-8H2,1H3,(H,14,15). The van der Waals surface area contributed by atoms with Gasteiger partial charge in [-0.1, -0.05) is 18.2 Å². The van der Waals surface area contributed by atoms with Crippen molar-refractivity contribution in [2.45, 2.75) is 6.92 Å². The van der Waals surface area contributed by atoms with Crippen LogP contribution in [0.2, 0.25) is 0 Å². The van der Waals surface area contributed by atoms with E-state index in [1.807, 2.05) is 30.4 Å². The number of amides is 1. The highest BCUT2D eigenvalue weighted by molar-refractivity contribution is 5.73. The summed E-state index contributed by atoms with van der Waals surface area (Å²) in [6, 6.07) is 5.78. The molecule has 0 atom stereocenters. The Morgan fingerprint density at radius 1 is 1.35 bits per heavy atom. The Morgan fingerprint density at radius 2 is 2.12 bits per heavy atom. The highest BCUT2D eigenvalue weighted by Gasteiger charge is 2.10. The number of ether oxygens (including phenoxy) is 2. The van der Waals surface area contributed by atoms with Gasteiger partial charge < -0.3 is 14.8 Å². The molecule has 90 valence electrons. The van der Waals surface area contributed by atoms with E-state index in [1.54, 1.807) is 0 Å². The number of hydrogen-bond acceptors (Lipinski definition) is 3. The molecule has 0 radical (unpaired) electrons. The highest BCUT2D eigenvalue weighted by Crippen LogP contribution is 2.30. The number of rotatable bonds is 3. The summed E-state index contributed by atoms with van der Waals surface area (Å²) in [6.45, 7) is 3.22. The van der Waals surface area contributed by atoms with Crippen LogP contribution in [-0.4, -0.2) is 25.7 Å². The molecule has 17 heavy (non-hydrogen) atoms. The maximum atomic E-state index is 10.7. The second-order valence-electron chi connectivity index (χ2n) is 3.74. The molecule has 1 aromatic rings.